The van der Waals surface area contributed by atoms with Crippen LogP contribution in [0.3, 0.4) is 0 Å². The molecule has 5 heteroatoms. The number of para-hydroxylation sites is 4. The molecule has 1 aliphatic heterocycles. The Morgan fingerprint density at radius 2 is 1.23 bits per heavy atom. The van der Waals surface area contributed by atoms with E-state index in [0.717, 1.165) is 46.2 Å². The van der Waals surface area contributed by atoms with Gasteiger partial charge in [0.2, 0.25) is 0 Å². The summed E-state index contributed by atoms with van der Waals surface area (Å²) in [7, 11) is 0. The first-order chi connectivity index (χ1) is 42.2. The van der Waals surface area contributed by atoms with Gasteiger partial charge in [0, 0.05) is 50.0 Å². The first-order valence-electron chi connectivity index (χ1n) is 33.2. The average molecular weight is 1020 g/mol. The van der Waals surface area contributed by atoms with Gasteiger partial charge in [-0.25, -0.2) is 4.98 Å². The third-order valence-electron chi connectivity index (χ3n) is 15.4. The van der Waals surface area contributed by atoms with Crippen LogP contribution in [0.1, 0.15) is 128 Å². The van der Waals surface area contributed by atoms with Gasteiger partial charge >= 0.3 is 0 Å². The van der Waals surface area contributed by atoms with Crippen molar-refractivity contribution in [3.05, 3.63) is 216 Å². The molecule has 0 radical (unpaired) electrons. The molecule has 386 valence electrons. The van der Waals surface area contributed by atoms with E-state index in [1.165, 1.54) is 5.56 Å². The molecule has 3 heterocycles. The Bertz CT molecular complexity index is 4600. The summed E-state index contributed by atoms with van der Waals surface area (Å²) in [5.41, 5.74) is 3.46. The topological polar surface area (TPSA) is 33.5 Å². The Balaban J connectivity index is 1.04. The van der Waals surface area contributed by atoms with Crippen LogP contribution in [0.4, 0.5) is 22.7 Å². The quantitative estimate of drug-likeness (QED) is 0.144. The van der Waals surface area contributed by atoms with Crippen LogP contribution in [-0.4, -0.2) is 16.2 Å². The van der Waals surface area contributed by atoms with Gasteiger partial charge in [0.1, 0.15) is 24.0 Å². The number of aromatic nitrogens is 2. The van der Waals surface area contributed by atoms with E-state index in [0.29, 0.717) is 46.0 Å². The standard InChI is InChI=1S/C72H72N4O/c1-47-40-50(28-33-56(47)49-26-30-52(31-27-49)70(5,6)7)57-21-17-22-58(51-29-35-61-62(42-51)72(10,11)38-37-71(61,8)9)68(57)75-46-74(64-24-14-15-25-65(64)75)53-18-16-19-54(43-53)77-55-32-34-60-59-20-12-13-23-63(59)76(66(60)44-55)67-41-48(36-39-73-67)45-69(2,3)4/h12-36,39-44H,37-38,45-46H2,1-11H3/i1D3,26D,27D,28D,29D,30D,31D,33D,35D,40D,42D. The van der Waals surface area contributed by atoms with Crippen molar-refractivity contribution in [3.8, 4) is 50.7 Å². The van der Waals surface area contributed by atoms with E-state index in [1.807, 2.05) is 97.7 Å². The zero-order valence-corrected chi connectivity index (χ0v) is 45.6. The van der Waals surface area contributed by atoms with Crippen molar-refractivity contribution in [2.24, 2.45) is 5.41 Å². The van der Waals surface area contributed by atoms with Crippen molar-refractivity contribution in [1.82, 2.24) is 9.55 Å². The lowest BCUT2D eigenvalue weighted by atomic mass is 9.63. The van der Waals surface area contributed by atoms with Crippen LogP contribution >= 0.6 is 0 Å². The third kappa shape index (κ3) is 9.28. The van der Waals surface area contributed by atoms with Gasteiger partial charge in [-0.3, -0.25) is 4.57 Å². The van der Waals surface area contributed by atoms with E-state index in [4.69, 9.17) is 16.6 Å². The van der Waals surface area contributed by atoms with Crippen LogP contribution in [0.25, 0.3) is 61.0 Å². The maximum atomic E-state index is 10.3. The Labute approximate surface area is 475 Å². The highest BCUT2D eigenvalue weighted by Gasteiger charge is 2.38. The molecule has 0 atom stereocenters. The molecule has 77 heavy (non-hydrogen) atoms. The van der Waals surface area contributed by atoms with E-state index in [9.17, 15) is 11.0 Å². The largest absolute Gasteiger partial charge is 0.457 e. The van der Waals surface area contributed by atoms with Crippen molar-refractivity contribution in [2.45, 2.75) is 112 Å². The summed E-state index contributed by atoms with van der Waals surface area (Å²) >= 11 is 0. The van der Waals surface area contributed by atoms with Crippen LogP contribution in [0.5, 0.6) is 11.5 Å². The number of ether oxygens (including phenoxy) is 1. The van der Waals surface area contributed by atoms with Crippen LogP contribution in [-0.2, 0) is 22.7 Å². The summed E-state index contributed by atoms with van der Waals surface area (Å²) < 4.78 is 133. The Morgan fingerprint density at radius 3 is 1.97 bits per heavy atom. The van der Waals surface area contributed by atoms with Gasteiger partial charge in [0.25, 0.3) is 0 Å². The van der Waals surface area contributed by atoms with Gasteiger partial charge in [0.05, 0.1) is 41.8 Å². The van der Waals surface area contributed by atoms with E-state index >= 15 is 0 Å². The molecule has 2 aliphatic rings. The predicted molar refractivity (Wildman–Crippen MR) is 325 cm³/mol. The SMILES string of the molecule is [2H]c1c([2H])c(-c2c([2H])c([2H])c(C(C)(C)C)c([2H])c2[2H])c(C([2H])([2H])[2H])c([2H])c1-c1cccc(-c2c([2H])c([2H])c3c(c2[2H])C(C)(C)CCC3(C)C)c1N1CN(c2cccc(Oc3ccc4c5ccccc5n(-c5cc(CC(C)(C)C)ccn5)c4c3)c2)c2ccccc21. The number of fused-ring (bicyclic) bond motifs is 5. The summed E-state index contributed by atoms with van der Waals surface area (Å²) in [6.45, 7) is 17.0. The van der Waals surface area contributed by atoms with Crippen molar-refractivity contribution in [1.29, 1.82) is 0 Å². The monoisotopic (exact) mass is 1020 g/mol. The zero-order chi connectivity index (χ0) is 64.8. The second-order valence-corrected chi connectivity index (χ2v) is 24.3. The van der Waals surface area contributed by atoms with Crippen LogP contribution in [0, 0.1) is 12.3 Å². The number of hydrogen-bond acceptors (Lipinski definition) is 4. The van der Waals surface area contributed by atoms with Gasteiger partial charge < -0.3 is 14.5 Å². The molecule has 0 N–H and O–H groups in total. The summed E-state index contributed by atoms with van der Waals surface area (Å²) in [6, 6.07) is 34.7. The lowest BCUT2D eigenvalue weighted by Gasteiger charge is -2.42. The molecule has 0 saturated carbocycles. The molecule has 0 spiro atoms. The van der Waals surface area contributed by atoms with Gasteiger partial charge in [-0.1, -0.05) is 184 Å². The Hall–Kier alpha value is -7.89. The first-order valence-corrected chi connectivity index (χ1v) is 26.7. The smallest absolute Gasteiger partial charge is 0.137 e. The highest BCUT2D eigenvalue weighted by Crippen LogP contribution is 2.53. The fourth-order valence-electron chi connectivity index (χ4n) is 11.3. The molecule has 8 aromatic carbocycles. The second kappa shape index (κ2) is 18.7. The predicted octanol–water partition coefficient (Wildman–Crippen LogP) is 19.8. The molecule has 1 aliphatic carbocycles. The van der Waals surface area contributed by atoms with Crippen molar-refractivity contribution in [2.75, 3.05) is 16.5 Å². The Morgan fingerprint density at radius 1 is 0.584 bits per heavy atom. The van der Waals surface area contributed by atoms with Gasteiger partial charge in [-0.2, -0.15) is 0 Å². The lowest BCUT2D eigenvalue weighted by Crippen LogP contribution is -2.33. The first kappa shape index (κ1) is 37.0. The molecule has 0 unspecified atom stereocenters. The van der Waals surface area contributed by atoms with Crippen LogP contribution in [0.15, 0.2) is 188 Å². The molecular formula is C72H72N4O. The lowest BCUT2D eigenvalue weighted by molar-refractivity contribution is 0.332. The molecule has 10 aromatic rings. The van der Waals surface area contributed by atoms with Crippen LogP contribution < -0.4 is 14.5 Å². The van der Waals surface area contributed by atoms with E-state index in [2.05, 4.69) is 74.4 Å². The maximum absolute atomic E-state index is 10.3. The fraction of sp³-hybridized carbons (Fsp3) is 0.264. The molecule has 5 nitrogen and oxygen atoms in total. The van der Waals surface area contributed by atoms with Gasteiger partial charge in [-0.15, -0.1) is 0 Å². The minimum atomic E-state index is -3.20. The average Bonchev–Trinajstić information content (AvgIpc) is 0.811. The summed E-state index contributed by atoms with van der Waals surface area (Å²) in [5, 5.41) is 2.12. The number of nitrogens with zero attached hydrogens (tertiary/aromatic N) is 4. The third-order valence-corrected chi connectivity index (χ3v) is 15.4. The molecule has 0 fully saturated rings. The number of pyridine rings is 1. The fourth-order valence-corrected chi connectivity index (χ4v) is 11.3. The molecule has 12 rings (SSSR count). The van der Waals surface area contributed by atoms with Crippen molar-refractivity contribution < 1.29 is 22.6 Å². The number of hydrogen-bond donors (Lipinski definition) is 0. The molecule has 0 bridgehead atoms. The highest BCUT2D eigenvalue weighted by atomic mass is 16.5. The summed E-state index contributed by atoms with van der Waals surface area (Å²) in [6.07, 6.45) is 4.19. The second-order valence-electron chi connectivity index (χ2n) is 24.3. The number of rotatable bonds is 9. The van der Waals surface area contributed by atoms with E-state index < -0.39 is 82.1 Å². The zero-order valence-electron chi connectivity index (χ0n) is 58.6. The molecule has 0 amide bonds. The molecule has 0 saturated heterocycles. The highest BCUT2D eigenvalue weighted by molar-refractivity contribution is 6.09. The van der Waals surface area contributed by atoms with Crippen LogP contribution in [0.2, 0.25) is 0 Å². The molecular weight excluding hydrogens is 937 g/mol. The number of anilines is 4. The Kier molecular flexibility index (Phi) is 8.98. The summed E-state index contributed by atoms with van der Waals surface area (Å²) in [4.78, 5) is 8.90. The normalized spacial score (nSPS) is 17.6. The summed E-state index contributed by atoms with van der Waals surface area (Å²) in [5.74, 6) is 1.92. The van der Waals surface area contributed by atoms with Gasteiger partial charge in [0.15, 0.2) is 0 Å². The molecule has 2 aromatic heterocycles. The van der Waals surface area contributed by atoms with Crippen molar-refractivity contribution >= 4 is 44.6 Å². The maximum Gasteiger partial charge on any atom is 0.137 e. The van der Waals surface area contributed by atoms with Crippen molar-refractivity contribution in [3.63, 3.8) is 0 Å². The minimum Gasteiger partial charge on any atom is -0.457 e. The number of benzene rings is 8. The van der Waals surface area contributed by atoms with Gasteiger partial charge in [-0.05, 0) is 152 Å². The minimum absolute atomic E-state index is 0.0183. The van der Waals surface area contributed by atoms with E-state index in [1.54, 1.807) is 39.0 Å². The van der Waals surface area contributed by atoms with E-state index in [-0.39, 0.29) is 58.2 Å².